The number of hydrogen-bond acceptors (Lipinski definition) is 3. The van der Waals surface area contributed by atoms with Crippen molar-refractivity contribution in [2.45, 2.75) is 71.0 Å². The Kier molecular flexibility index (Phi) is 5.44. The van der Waals surface area contributed by atoms with Crippen molar-refractivity contribution in [1.82, 2.24) is 4.90 Å². The molecular formula is C16H30N2O2. The molecule has 0 radical (unpaired) electrons. The lowest BCUT2D eigenvalue weighted by atomic mass is 9.90. The Labute approximate surface area is 123 Å². The Morgan fingerprint density at radius 3 is 2.65 bits per heavy atom. The molecule has 0 spiro atoms. The average Bonchev–Trinajstić information content (AvgIpc) is 2.88. The molecule has 0 aromatic heterocycles. The smallest absolute Gasteiger partial charge is 0.251 e. The number of likely N-dealkylation sites (tertiary alicyclic amines) is 1. The summed E-state index contributed by atoms with van der Waals surface area (Å²) in [6.07, 6.45) is 7.84. The number of rotatable bonds is 5. The van der Waals surface area contributed by atoms with Crippen molar-refractivity contribution in [2.24, 2.45) is 11.1 Å². The molecule has 0 aromatic rings. The van der Waals surface area contributed by atoms with E-state index < -0.39 is 0 Å². The lowest BCUT2D eigenvalue weighted by Gasteiger charge is -2.30. The van der Waals surface area contributed by atoms with E-state index in [9.17, 15) is 4.79 Å². The van der Waals surface area contributed by atoms with Gasteiger partial charge in [0, 0.05) is 13.1 Å². The molecule has 2 N–H and O–H groups in total. The normalized spacial score (nSPS) is 29.6. The van der Waals surface area contributed by atoms with E-state index in [4.69, 9.17) is 10.5 Å². The molecule has 2 fully saturated rings. The van der Waals surface area contributed by atoms with Crippen molar-refractivity contribution >= 4 is 5.91 Å². The molecule has 2 aliphatic rings. The number of hydrogen-bond donors (Lipinski definition) is 1. The van der Waals surface area contributed by atoms with Gasteiger partial charge in [0.25, 0.3) is 5.91 Å². The Bertz CT molecular complexity index is 328. The minimum Gasteiger partial charge on any atom is -0.365 e. The zero-order valence-corrected chi connectivity index (χ0v) is 13.1. The van der Waals surface area contributed by atoms with Crippen molar-refractivity contribution in [3.05, 3.63) is 0 Å². The van der Waals surface area contributed by atoms with E-state index in [-0.39, 0.29) is 17.4 Å². The van der Waals surface area contributed by atoms with Gasteiger partial charge in [-0.2, -0.15) is 0 Å². The fourth-order valence-electron chi connectivity index (χ4n) is 3.34. The summed E-state index contributed by atoms with van der Waals surface area (Å²) in [5, 5.41) is 0. The van der Waals surface area contributed by atoms with Gasteiger partial charge in [0.2, 0.25) is 0 Å². The second-order valence-electron chi connectivity index (χ2n) is 6.82. The van der Waals surface area contributed by atoms with E-state index >= 15 is 0 Å². The Morgan fingerprint density at radius 1 is 1.40 bits per heavy atom. The molecular weight excluding hydrogens is 252 g/mol. The maximum atomic E-state index is 12.6. The van der Waals surface area contributed by atoms with Gasteiger partial charge in [0.15, 0.2) is 0 Å². The first-order valence-electron chi connectivity index (χ1n) is 8.22. The largest absolute Gasteiger partial charge is 0.365 e. The summed E-state index contributed by atoms with van der Waals surface area (Å²) < 4.78 is 6.09. The highest BCUT2D eigenvalue weighted by Gasteiger charge is 2.37. The van der Waals surface area contributed by atoms with Crippen LogP contribution in [0.25, 0.3) is 0 Å². The lowest BCUT2D eigenvalue weighted by molar-refractivity contribution is -0.148. The van der Waals surface area contributed by atoms with Gasteiger partial charge in [-0.25, -0.2) is 0 Å². The quantitative estimate of drug-likeness (QED) is 0.842. The Balaban J connectivity index is 1.88. The first-order chi connectivity index (χ1) is 9.58. The maximum Gasteiger partial charge on any atom is 0.251 e. The molecule has 1 saturated carbocycles. The lowest BCUT2D eigenvalue weighted by Crippen LogP contribution is -2.42. The molecule has 4 nitrogen and oxygen atoms in total. The van der Waals surface area contributed by atoms with Gasteiger partial charge >= 0.3 is 0 Å². The van der Waals surface area contributed by atoms with Crippen molar-refractivity contribution in [2.75, 3.05) is 19.6 Å². The maximum absolute atomic E-state index is 12.6. The van der Waals surface area contributed by atoms with Crippen molar-refractivity contribution in [1.29, 1.82) is 0 Å². The predicted octanol–water partition coefficient (Wildman–Crippen LogP) is 2.31. The van der Waals surface area contributed by atoms with E-state index in [0.717, 1.165) is 38.8 Å². The summed E-state index contributed by atoms with van der Waals surface area (Å²) in [6, 6.07) is 0. The minimum absolute atomic E-state index is 0.0960. The van der Waals surface area contributed by atoms with Crippen LogP contribution in [0.15, 0.2) is 0 Å². The van der Waals surface area contributed by atoms with Gasteiger partial charge in [0.05, 0.1) is 6.10 Å². The molecule has 1 saturated heterocycles. The summed E-state index contributed by atoms with van der Waals surface area (Å²) in [4.78, 5) is 14.6. The second-order valence-corrected chi connectivity index (χ2v) is 6.82. The highest BCUT2D eigenvalue weighted by Crippen LogP contribution is 2.30. The van der Waals surface area contributed by atoms with Gasteiger partial charge < -0.3 is 15.4 Å². The minimum atomic E-state index is -0.252. The number of carbonyl (C=O) groups is 1. The molecule has 2 rings (SSSR count). The second kappa shape index (κ2) is 6.90. The van der Waals surface area contributed by atoms with E-state index in [1.54, 1.807) is 0 Å². The van der Waals surface area contributed by atoms with Crippen LogP contribution in [0, 0.1) is 5.41 Å². The fraction of sp³-hybridized carbons (Fsp3) is 0.938. The van der Waals surface area contributed by atoms with E-state index in [1.165, 1.54) is 19.3 Å². The van der Waals surface area contributed by atoms with Crippen LogP contribution in [0.2, 0.25) is 0 Å². The van der Waals surface area contributed by atoms with Crippen LogP contribution >= 0.6 is 0 Å². The SMILES string of the molecule is CCC(OC1CCCCC1)C(=O)N1CCC(C)(CN)C1. The average molecular weight is 282 g/mol. The van der Waals surface area contributed by atoms with Gasteiger partial charge in [-0.05, 0) is 37.6 Å². The molecule has 1 amide bonds. The van der Waals surface area contributed by atoms with Crippen LogP contribution in [0.1, 0.15) is 58.8 Å². The summed E-state index contributed by atoms with van der Waals surface area (Å²) in [5.74, 6) is 0.176. The third-order valence-corrected chi connectivity index (χ3v) is 4.92. The fourth-order valence-corrected chi connectivity index (χ4v) is 3.34. The molecule has 0 aromatic carbocycles. The van der Waals surface area contributed by atoms with Crippen LogP contribution in [-0.4, -0.2) is 42.6 Å². The Hall–Kier alpha value is -0.610. The molecule has 116 valence electrons. The number of nitrogens with two attached hydrogens (primary N) is 1. The monoisotopic (exact) mass is 282 g/mol. The summed E-state index contributed by atoms with van der Waals surface area (Å²) in [6.45, 7) is 6.48. The van der Waals surface area contributed by atoms with Gasteiger partial charge in [-0.3, -0.25) is 4.79 Å². The molecule has 1 aliphatic heterocycles. The standard InChI is InChI=1S/C16H30N2O2/c1-3-14(20-13-7-5-4-6-8-13)15(19)18-10-9-16(2,11-17)12-18/h13-14H,3-12,17H2,1-2H3. The predicted molar refractivity (Wildman–Crippen MR) is 80.4 cm³/mol. The van der Waals surface area contributed by atoms with Crippen molar-refractivity contribution in [3.63, 3.8) is 0 Å². The third-order valence-electron chi connectivity index (χ3n) is 4.92. The summed E-state index contributed by atoms with van der Waals surface area (Å²) in [7, 11) is 0. The van der Waals surface area contributed by atoms with Crippen LogP contribution in [0.5, 0.6) is 0 Å². The zero-order valence-electron chi connectivity index (χ0n) is 13.1. The molecule has 1 aliphatic carbocycles. The van der Waals surface area contributed by atoms with Crippen molar-refractivity contribution in [3.8, 4) is 0 Å². The Morgan fingerprint density at radius 2 is 2.10 bits per heavy atom. The molecule has 1 heterocycles. The molecule has 2 atom stereocenters. The molecule has 20 heavy (non-hydrogen) atoms. The molecule has 2 unspecified atom stereocenters. The molecule has 4 heteroatoms. The third kappa shape index (κ3) is 3.73. The van der Waals surface area contributed by atoms with Crippen LogP contribution in [-0.2, 0) is 9.53 Å². The molecule has 0 bridgehead atoms. The first kappa shape index (κ1) is 15.8. The van der Waals surface area contributed by atoms with Gasteiger partial charge in [0.1, 0.15) is 6.10 Å². The number of ether oxygens (including phenoxy) is 1. The van der Waals surface area contributed by atoms with Crippen LogP contribution in [0.4, 0.5) is 0 Å². The van der Waals surface area contributed by atoms with Crippen LogP contribution < -0.4 is 5.73 Å². The van der Waals surface area contributed by atoms with Crippen molar-refractivity contribution < 1.29 is 9.53 Å². The van der Waals surface area contributed by atoms with Gasteiger partial charge in [-0.1, -0.05) is 33.1 Å². The van der Waals surface area contributed by atoms with E-state index in [0.29, 0.717) is 12.6 Å². The summed E-state index contributed by atoms with van der Waals surface area (Å²) >= 11 is 0. The zero-order chi connectivity index (χ0) is 14.6. The van der Waals surface area contributed by atoms with Crippen LogP contribution in [0.3, 0.4) is 0 Å². The highest BCUT2D eigenvalue weighted by molar-refractivity contribution is 5.81. The number of carbonyl (C=O) groups excluding carboxylic acids is 1. The topological polar surface area (TPSA) is 55.6 Å². The van der Waals surface area contributed by atoms with Gasteiger partial charge in [-0.15, -0.1) is 0 Å². The first-order valence-corrected chi connectivity index (χ1v) is 8.22. The van der Waals surface area contributed by atoms with E-state index in [2.05, 4.69) is 6.92 Å². The summed E-state index contributed by atoms with van der Waals surface area (Å²) in [5.41, 5.74) is 5.92. The number of nitrogens with zero attached hydrogens (tertiary/aromatic N) is 1. The van der Waals surface area contributed by atoms with E-state index in [1.807, 2.05) is 11.8 Å². The number of amides is 1. The highest BCUT2D eigenvalue weighted by atomic mass is 16.5.